The van der Waals surface area contributed by atoms with Crippen molar-refractivity contribution in [3.05, 3.63) is 31.1 Å². The molecule has 2 amide bonds. The van der Waals surface area contributed by atoms with E-state index in [9.17, 15) is 9.59 Å². The monoisotopic (exact) mass is 278 g/mol. The zero-order valence-electron chi connectivity index (χ0n) is 10.6. The number of aliphatic carboxylic acids is 1. The van der Waals surface area contributed by atoms with Crippen molar-refractivity contribution in [2.24, 2.45) is 0 Å². The van der Waals surface area contributed by atoms with Gasteiger partial charge in [0.15, 0.2) is 0 Å². The van der Waals surface area contributed by atoms with Crippen LogP contribution in [-0.4, -0.2) is 43.0 Å². The lowest BCUT2D eigenvalue weighted by molar-refractivity contribution is -0.137. The van der Waals surface area contributed by atoms with Crippen LogP contribution in [0.2, 0.25) is 0 Å². The van der Waals surface area contributed by atoms with E-state index in [4.69, 9.17) is 5.11 Å². The molecule has 0 aliphatic rings. The smallest absolute Gasteiger partial charge is 0.325 e. The number of urea groups is 1. The minimum atomic E-state index is -0.996. The molecular formula is C11H14N6O3. The third kappa shape index (κ3) is 4.12. The number of carbonyl (C=O) groups is 2. The van der Waals surface area contributed by atoms with Crippen LogP contribution in [0, 0.1) is 0 Å². The van der Waals surface area contributed by atoms with Crippen molar-refractivity contribution >= 4 is 17.7 Å². The van der Waals surface area contributed by atoms with Gasteiger partial charge in [0.25, 0.3) is 0 Å². The molecule has 0 saturated carbocycles. The molecule has 2 rings (SSSR count). The van der Waals surface area contributed by atoms with Crippen LogP contribution < -0.4 is 10.6 Å². The van der Waals surface area contributed by atoms with Gasteiger partial charge in [-0.05, 0) is 0 Å². The number of amides is 2. The standard InChI is InChI=1S/C11H14N6O3/c18-10(19)7-17-6-9(5-14-17)15-11(20)13-2-4-16-3-1-12-8-16/h1,3,5-6,8H,2,4,7H2,(H,18,19)(H2,13,15,20). The van der Waals surface area contributed by atoms with Crippen molar-refractivity contribution in [1.82, 2.24) is 24.6 Å². The van der Waals surface area contributed by atoms with E-state index in [0.717, 1.165) is 0 Å². The molecule has 9 nitrogen and oxygen atoms in total. The molecule has 0 unspecified atom stereocenters. The summed E-state index contributed by atoms with van der Waals surface area (Å²) in [6.45, 7) is 0.821. The van der Waals surface area contributed by atoms with Crippen molar-refractivity contribution in [3.63, 3.8) is 0 Å². The minimum absolute atomic E-state index is 0.246. The predicted molar refractivity (Wildman–Crippen MR) is 69.1 cm³/mol. The second-order valence-corrected chi connectivity index (χ2v) is 4.00. The number of anilines is 1. The maximum absolute atomic E-state index is 11.6. The summed E-state index contributed by atoms with van der Waals surface area (Å²) in [6, 6.07) is -0.375. The van der Waals surface area contributed by atoms with Gasteiger partial charge in [-0.1, -0.05) is 0 Å². The first kappa shape index (κ1) is 13.6. The number of nitrogens with zero attached hydrogens (tertiary/aromatic N) is 4. The van der Waals surface area contributed by atoms with Crippen molar-refractivity contribution in [1.29, 1.82) is 0 Å². The van der Waals surface area contributed by atoms with E-state index in [0.29, 0.717) is 18.8 Å². The van der Waals surface area contributed by atoms with Crippen molar-refractivity contribution in [3.8, 4) is 0 Å². The van der Waals surface area contributed by atoms with Crippen LogP contribution in [0.4, 0.5) is 10.5 Å². The molecule has 0 fully saturated rings. The summed E-state index contributed by atoms with van der Waals surface area (Å²) < 4.78 is 3.06. The van der Waals surface area contributed by atoms with E-state index in [1.165, 1.54) is 17.1 Å². The first-order valence-electron chi connectivity index (χ1n) is 5.88. The SMILES string of the molecule is O=C(O)Cn1cc(NC(=O)NCCn2ccnc2)cn1. The summed E-state index contributed by atoms with van der Waals surface area (Å²) >= 11 is 0. The molecule has 9 heteroatoms. The summed E-state index contributed by atoms with van der Waals surface area (Å²) in [5.74, 6) is -0.996. The van der Waals surface area contributed by atoms with E-state index >= 15 is 0 Å². The van der Waals surface area contributed by atoms with E-state index in [1.54, 1.807) is 18.7 Å². The van der Waals surface area contributed by atoms with Crippen molar-refractivity contribution in [2.45, 2.75) is 13.1 Å². The Balaban J connectivity index is 1.73. The second kappa shape index (κ2) is 6.36. The molecule has 106 valence electrons. The van der Waals surface area contributed by atoms with E-state index in [2.05, 4.69) is 20.7 Å². The fraction of sp³-hybridized carbons (Fsp3) is 0.273. The Morgan fingerprint density at radius 3 is 2.95 bits per heavy atom. The first-order chi connectivity index (χ1) is 9.63. The number of rotatable bonds is 6. The molecule has 0 atom stereocenters. The number of nitrogens with one attached hydrogen (secondary N) is 2. The summed E-state index contributed by atoms with van der Waals surface area (Å²) in [6.07, 6.45) is 7.96. The predicted octanol–water partition coefficient (Wildman–Crippen LogP) is -0.0141. The highest BCUT2D eigenvalue weighted by atomic mass is 16.4. The van der Waals surface area contributed by atoms with Gasteiger partial charge in [-0.2, -0.15) is 5.10 Å². The third-order valence-electron chi connectivity index (χ3n) is 2.40. The van der Waals surface area contributed by atoms with E-state index in [1.807, 2.05) is 4.57 Å². The molecule has 0 aromatic carbocycles. The lowest BCUT2D eigenvalue weighted by atomic mass is 10.5. The zero-order valence-corrected chi connectivity index (χ0v) is 10.6. The molecule has 0 radical (unpaired) electrons. The Morgan fingerprint density at radius 2 is 2.25 bits per heavy atom. The largest absolute Gasteiger partial charge is 0.480 e. The number of carboxylic acid groups (broad SMARTS) is 1. The summed E-state index contributed by atoms with van der Waals surface area (Å²) in [5, 5.41) is 17.6. The van der Waals surface area contributed by atoms with Crippen molar-refractivity contribution < 1.29 is 14.7 Å². The number of imidazole rings is 1. The van der Waals surface area contributed by atoms with Gasteiger partial charge >= 0.3 is 12.0 Å². The Labute approximate surface area is 114 Å². The van der Waals surface area contributed by atoms with E-state index in [-0.39, 0.29) is 12.6 Å². The molecule has 20 heavy (non-hydrogen) atoms. The molecule has 0 aliphatic heterocycles. The van der Waals surface area contributed by atoms with Gasteiger partial charge in [-0.25, -0.2) is 9.78 Å². The molecule has 0 spiro atoms. The van der Waals surface area contributed by atoms with Gasteiger partial charge in [0, 0.05) is 31.7 Å². The Morgan fingerprint density at radius 1 is 1.40 bits per heavy atom. The van der Waals surface area contributed by atoms with Crippen LogP contribution in [0.15, 0.2) is 31.1 Å². The van der Waals surface area contributed by atoms with Gasteiger partial charge in [0.05, 0.1) is 18.2 Å². The maximum atomic E-state index is 11.6. The molecule has 0 saturated heterocycles. The molecule has 3 N–H and O–H groups in total. The molecular weight excluding hydrogens is 264 g/mol. The number of aromatic nitrogens is 4. The molecule has 2 aromatic rings. The van der Waals surface area contributed by atoms with Gasteiger partial charge < -0.3 is 20.3 Å². The van der Waals surface area contributed by atoms with Crippen LogP contribution in [-0.2, 0) is 17.9 Å². The fourth-order valence-electron chi connectivity index (χ4n) is 1.55. The molecule has 2 heterocycles. The Kier molecular flexibility index (Phi) is 4.32. The maximum Gasteiger partial charge on any atom is 0.325 e. The van der Waals surface area contributed by atoms with Gasteiger partial charge in [-0.15, -0.1) is 0 Å². The minimum Gasteiger partial charge on any atom is -0.480 e. The van der Waals surface area contributed by atoms with Gasteiger partial charge in [0.1, 0.15) is 6.54 Å². The van der Waals surface area contributed by atoms with E-state index < -0.39 is 5.97 Å². The summed E-state index contributed by atoms with van der Waals surface area (Å²) in [4.78, 5) is 25.9. The second-order valence-electron chi connectivity index (χ2n) is 4.00. The number of hydrogen-bond acceptors (Lipinski definition) is 4. The highest BCUT2D eigenvalue weighted by molar-refractivity contribution is 5.88. The molecule has 2 aromatic heterocycles. The highest BCUT2D eigenvalue weighted by Crippen LogP contribution is 2.04. The van der Waals surface area contributed by atoms with Crippen LogP contribution in [0.25, 0.3) is 0 Å². The van der Waals surface area contributed by atoms with Crippen molar-refractivity contribution in [2.75, 3.05) is 11.9 Å². The summed E-state index contributed by atoms with van der Waals surface area (Å²) in [7, 11) is 0. The van der Waals surface area contributed by atoms with Crippen LogP contribution in [0.3, 0.4) is 0 Å². The number of carbonyl (C=O) groups excluding carboxylic acids is 1. The molecule has 0 aliphatic carbocycles. The first-order valence-corrected chi connectivity index (χ1v) is 5.88. The number of carboxylic acids is 1. The van der Waals surface area contributed by atoms with Crippen LogP contribution >= 0.6 is 0 Å². The lowest BCUT2D eigenvalue weighted by Gasteiger charge is -2.06. The fourth-order valence-corrected chi connectivity index (χ4v) is 1.55. The average Bonchev–Trinajstić information content (AvgIpc) is 3.00. The number of hydrogen-bond donors (Lipinski definition) is 3. The Hall–Kier alpha value is -2.84. The van der Waals surface area contributed by atoms with Crippen LogP contribution in [0.5, 0.6) is 0 Å². The van der Waals surface area contributed by atoms with Crippen LogP contribution in [0.1, 0.15) is 0 Å². The zero-order chi connectivity index (χ0) is 14.4. The normalized spacial score (nSPS) is 10.2. The molecule has 0 bridgehead atoms. The summed E-state index contributed by atoms with van der Waals surface area (Å²) in [5.41, 5.74) is 0.436. The van der Waals surface area contributed by atoms with Gasteiger partial charge in [0.2, 0.25) is 0 Å². The average molecular weight is 278 g/mol. The third-order valence-corrected chi connectivity index (χ3v) is 2.40. The lowest BCUT2D eigenvalue weighted by Crippen LogP contribution is -2.31. The van der Waals surface area contributed by atoms with Gasteiger partial charge in [-0.3, -0.25) is 9.48 Å². The quantitative estimate of drug-likeness (QED) is 0.687. The Bertz CT molecular complexity index is 577. The highest BCUT2D eigenvalue weighted by Gasteiger charge is 2.05. The topological polar surface area (TPSA) is 114 Å².